The lowest BCUT2D eigenvalue weighted by Gasteiger charge is -2.24. The van der Waals surface area contributed by atoms with Crippen LogP contribution in [0.25, 0.3) is 0 Å². The summed E-state index contributed by atoms with van der Waals surface area (Å²) in [7, 11) is 1.70. The average molecular weight is 447 g/mol. The number of methoxy groups -OCH3 is 1. The lowest BCUT2D eigenvalue weighted by molar-refractivity contribution is 0.0243. The van der Waals surface area contributed by atoms with Gasteiger partial charge in [0.05, 0.1) is 19.3 Å². The molecule has 0 aromatic heterocycles. The van der Waals surface area contributed by atoms with Gasteiger partial charge in [0, 0.05) is 19.7 Å². The van der Waals surface area contributed by atoms with Crippen LogP contribution in [-0.2, 0) is 11.3 Å². The fourth-order valence-corrected chi connectivity index (χ4v) is 2.72. The van der Waals surface area contributed by atoms with Gasteiger partial charge in [-0.1, -0.05) is 12.1 Å². The molecule has 2 rings (SSSR count). The zero-order chi connectivity index (χ0) is 16.7. The summed E-state index contributed by atoms with van der Waals surface area (Å²) in [5, 5.41) is 6.68. The minimum atomic E-state index is -0.0801. The Bertz CT molecular complexity index is 543. The van der Waals surface area contributed by atoms with E-state index in [4.69, 9.17) is 9.47 Å². The second-order valence-corrected chi connectivity index (χ2v) is 6.25. The van der Waals surface area contributed by atoms with Gasteiger partial charge in [-0.2, -0.15) is 0 Å². The number of nitrogens with zero attached hydrogens (tertiary/aromatic N) is 1. The molecule has 1 atom stereocenters. The summed E-state index contributed by atoms with van der Waals surface area (Å²) in [6.07, 6.45) is 2.23. The van der Waals surface area contributed by atoms with E-state index < -0.39 is 0 Å². The predicted molar refractivity (Wildman–Crippen MR) is 110 cm³/mol. The third-order valence-electron chi connectivity index (χ3n) is 4.17. The summed E-state index contributed by atoms with van der Waals surface area (Å²) in [4.78, 5) is 4.66. The van der Waals surface area contributed by atoms with Gasteiger partial charge in [-0.05, 0) is 50.8 Å². The van der Waals surface area contributed by atoms with Crippen molar-refractivity contribution in [3.8, 4) is 5.75 Å². The number of nitrogens with one attached hydrogen (secondary N) is 2. The van der Waals surface area contributed by atoms with Gasteiger partial charge >= 0.3 is 0 Å². The van der Waals surface area contributed by atoms with Crippen LogP contribution in [0.1, 0.15) is 37.8 Å². The number of benzene rings is 1. The number of hydrogen-bond donors (Lipinski definition) is 2. The third kappa shape index (κ3) is 6.12. The number of aliphatic imine (C=N–C) groups is 1. The van der Waals surface area contributed by atoms with Gasteiger partial charge in [0.1, 0.15) is 5.75 Å². The Hall–Kier alpha value is -1.02. The highest BCUT2D eigenvalue weighted by atomic mass is 127. The van der Waals surface area contributed by atoms with Gasteiger partial charge < -0.3 is 20.1 Å². The van der Waals surface area contributed by atoms with E-state index in [0.717, 1.165) is 55.4 Å². The highest BCUT2D eigenvalue weighted by molar-refractivity contribution is 14.0. The Morgan fingerprint density at radius 3 is 2.79 bits per heavy atom. The number of halogens is 1. The molecule has 24 heavy (non-hydrogen) atoms. The van der Waals surface area contributed by atoms with Crippen molar-refractivity contribution in [3.05, 3.63) is 29.3 Å². The first kappa shape index (κ1) is 21.0. The zero-order valence-electron chi connectivity index (χ0n) is 15.1. The fraction of sp³-hybridized carbons (Fsp3) is 0.611. The molecule has 0 saturated carbocycles. The van der Waals surface area contributed by atoms with Crippen molar-refractivity contribution in [1.29, 1.82) is 0 Å². The van der Waals surface area contributed by atoms with Gasteiger partial charge in [-0.25, -0.2) is 4.99 Å². The lowest BCUT2D eigenvalue weighted by Crippen LogP contribution is -2.45. The molecule has 0 bridgehead atoms. The van der Waals surface area contributed by atoms with E-state index in [9.17, 15) is 0 Å². The summed E-state index contributed by atoms with van der Waals surface area (Å²) in [6, 6.07) is 6.20. The number of rotatable bonds is 6. The molecule has 1 aliphatic rings. The van der Waals surface area contributed by atoms with Gasteiger partial charge in [0.15, 0.2) is 5.96 Å². The quantitative estimate of drug-likeness (QED) is 0.400. The molecule has 0 spiro atoms. The SMILES string of the molecule is CCNC(=NCc1ccc(C)c(OC)c1)NCC1(C)CCCO1.I. The molecule has 6 heteroatoms. The van der Waals surface area contributed by atoms with E-state index in [1.54, 1.807) is 7.11 Å². The van der Waals surface area contributed by atoms with Gasteiger partial charge in [-0.3, -0.25) is 0 Å². The van der Waals surface area contributed by atoms with E-state index in [1.165, 1.54) is 0 Å². The molecular weight excluding hydrogens is 417 g/mol. The van der Waals surface area contributed by atoms with E-state index in [-0.39, 0.29) is 29.6 Å². The molecular formula is C18H30IN3O2. The molecule has 5 nitrogen and oxygen atoms in total. The zero-order valence-corrected chi connectivity index (χ0v) is 17.5. The molecule has 1 saturated heterocycles. The Balaban J connectivity index is 0.00000288. The molecule has 0 radical (unpaired) electrons. The second-order valence-electron chi connectivity index (χ2n) is 6.25. The maximum Gasteiger partial charge on any atom is 0.191 e. The summed E-state index contributed by atoms with van der Waals surface area (Å²) in [5.41, 5.74) is 2.19. The Kier molecular flexibility index (Phi) is 8.83. The monoisotopic (exact) mass is 447 g/mol. The van der Waals surface area contributed by atoms with Crippen molar-refractivity contribution in [1.82, 2.24) is 10.6 Å². The molecule has 2 N–H and O–H groups in total. The largest absolute Gasteiger partial charge is 0.496 e. The third-order valence-corrected chi connectivity index (χ3v) is 4.17. The number of aryl methyl sites for hydroxylation is 1. The lowest BCUT2D eigenvalue weighted by atomic mass is 10.0. The molecule has 0 amide bonds. The maximum absolute atomic E-state index is 5.81. The highest BCUT2D eigenvalue weighted by Crippen LogP contribution is 2.24. The maximum atomic E-state index is 5.81. The first-order chi connectivity index (χ1) is 11.1. The highest BCUT2D eigenvalue weighted by Gasteiger charge is 2.29. The second kappa shape index (κ2) is 10.1. The number of guanidine groups is 1. The molecule has 0 aliphatic carbocycles. The van der Waals surface area contributed by atoms with Crippen molar-refractivity contribution in [2.24, 2.45) is 4.99 Å². The predicted octanol–water partition coefficient (Wildman–Crippen LogP) is 3.25. The minimum Gasteiger partial charge on any atom is -0.496 e. The first-order valence-electron chi connectivity index (χ1n) is 8.36. The van der Waals surface area contributed by atoms with E-state index in [1.807, 2.05) is 13.0 Å². The summed E-state index contributed by atoms with van der Waals surface area (Å²) >= 11 is 0. The summed E-state index contributed by atoms with van der Waals surface area (Å²) < 4.78 is 11.2. The Morgan fingerprint density at radius 2 is 2.17 bits per heavy atom. The van der Waals surface area contributed by atoms with Crippen LogP contribution in [0.15, 0.2) is 23.2 Å². The van der Waals surface area contributed by atoms with Crippen LogP contribution >= 0.6 is 24.0 Å². The van der Waals surface area contributed by atoms with Gasteiger partial charge in [-0.15, -0.1) is 24.0 Å². The number of ether oxygens (including phenoxy) is 2. The van der Waals surface area contributed by atoms with Gasteiger partial charge in [0.25, 0.3) is 0 Å². The van der Waals surface area contributed by atoms with Crippen LogP contribution < -0.4 is 15.4 Å². The van der Waals surface area contributed by atoms with Crippen LogP contribution in [0.4, 0.5) is 0 Å². The topological polar surface area (TPSA) is 54.9 Å². The van der Waals surface area contributed by atoms with Crippen molar-refractivity contribution in [2.45, 2.75) is 45.8 Å². The van der Waals surface area contributed by atoms with Crippen LogP contribution in [0, 0.1) is 6.92 Å². The van der Waals surface area contributed by atoms with Crippen molar-refractivity contribution in [3.63, 3.8) is 0 Å². The normalized spacial score (nSPS) is 20.4. The van der Waals surface area contributed by atoms with Crippen molar-refractivity contribution < 1.29 is 9.47 Å². The van der Waals surface area contributed by atoms with Crippen LogP contribution in [0.5, 0.6) is 5.75 Å². The van der Waals surface area contributed by atoms with Gasteiger partial charge in [0.2, 0.25) is 0 Å². The summed E-state index contributed by atoms with van der Waals surface area (Å²) in [5.74, 6) is 1.73. The standard InChI is InChI=1S/C18H29N3O2.HI/c1-5-19-17(21-13-18(3)9-6-10-23-18)20-12-15-8-7-14(2)16(11-15)22-4;/h7-8,11H,5-6,9-10,12-13H2,1-4H3,(H2,19,20,21);1H. The van der Waals surface area contributed by atoms with Crippen LogP contribution in [0.2, 0.25) is 0 Å². The Labute approximate surface area is 162 Å². The van der Waals surface area contributed by atoms with E-state index in [0.29, 0.717) is 6.54 Å². The van der Waals surface area contributed by atoms with E-state index in [2.05, 4.69) is 41.6 Å². The first-order valence-corrected chi connectivity index (χ1v) is 8.36. The molecule has 1 aromatic carbocycles. The van der Waals surface area contributed by atoms with Crippen molar-refractivity contribution in [2.75, 3.05) is 26.8 Å². The molecule has 1 unspecified atom stereocenters. The van der Waals surface area contributed by atoms with Crippen molar-refractivity contribution >= 4 is 29.9 Å². The average Bonchev–Trinajstić information content (AvgIpc) is 2.98. The van der Waals surface area contributed by atoms with E-state index >= 15 is 0 Å². The smallest absolute Gasteiger partial charge is 0.191 e. The molecule has 1 aromatic rings. The summed E-state index contributed by atoms with van der Waals surface area (Å²) in [6.45, 7) is 9.34. The van der Waals surface area contributed by atoms with Crippen LogP contribution in [-0.4, -0.2) is 38.4 Å². The van der Waals surface area contributed by atoms with Crippen LogP contribution in [0.3, 0.4) is 0 Å². The molecule has 1 aliphatic heterocycles. The Morgan fingerprint density at radius 1 is 1.38 bits per heavy atom. The molecule has 1 heterocycles. The molecule has 136 valence electrons. The minimum absolute atomic E-state index is 0. The fourth-order valence-electron chi connectivity index (χ4n) is 2.72. The number of hydrogen-bond acceptors (Lipinski definition) is 3. The molecule has 1 fully saturated rings.